The van der Waals surface area contributed by atoms with Crippen molar-refractivity contribution in [2.45, 2.75) is 51.4 Å². The molecular weight excluding hydrogens is 380 g/mol. The van der Waals surface area contributed by atoms with E-state index in [0.717, 1.165) is 22.5 Å². The van der Waals surface area contributed by atoms with Crippen LogP contribution in [0.5, 0.6) is 0 Å². The lowest BCUT2D eigenvalue weighted by atomic mass is 9.83. The van der Waals surface area contributed by atoms with Crippen LogP contribution in [0.2, 0.25) is 0 Å². The van der Waals surface area contributed by atoms with Crippen molar-refractivity contribution in [3.8, 4) is 11.3 Å². The third kappa shape index (κ3) is 3.68. The summed E-state index contributed by atoms with van der Waals surface area (Å²) in [5, 5.41) is 10.5. The molecule has 2 aliphatic rings. The highest BCUT2D eigenvalue weighted by atomic mass is 16.5. The van der Waals surface area contributed by atoms with Crippen LogP contribution in [0.3, 0.4) is 0 Å². The fourth-order valence-corrected chi connectivity index (χ4v) is 4.68. The number of aromatic nitrogens is 1. The molecule has 1 unspecified atom stereocenters. The Balaban J connectivity index is 1.57. The zero-order chi connectivity index (χ0) is 21.5. The molecule has 4 rings (SSSR count). The fraction of sp³-hybridized carbons (Fsp3) is 0.542. The Morgan fingerprint density at radius 3 is 2.53 bits per heavy atom. The molecule has 0 bridgehead atoms. The highest BCUT2D eigenvalue weighted by molar-refractivity contribution is 5.97. The van der Waals surface area contributed by atoms with Crippen LogP contribution in [0.1, 0.15) is 41.4 Å². The number of rotatable bonds is 6. The van der Waals surface area contributed by atoms with Gasteiger partial charge in [-0.1, -0.05) is 36.8 Å². The van der Waals surface area contributed by atoms with E-state index in [9.17, 15) is 9.90 Å². The Bertz CT molecular complexity index is 927. The molecule has 1 spiro atoms. The van der Waals surface area contributed by atoms with Gasteiger partial charge in [0.05, 0.1) is 37.5 Å². The SMILES string of the molecule is CCC1(O)COC2(CN(C(=O)c3cc(-c4ccc(C)cc4)n(CCOC)c3C)C2)C1. The summed E-state index contributed by atoms with van der Waals surface area (Å²) >= 11 is 0. The molecule has 1 atom stereocenters. The van der Waals surface area contributed by atoms with E-state index >= 15 is 0 Å². The summed E-state index contributed by atoms with van der Waals surface area (Å²) in [6, 6.07) is 10.4. The molecule has 1 amide bonds. The predicted molar refractivity (Wildman–Crippen MR) is 116 cm³/mol. The number of aliphatic hydroxyl groups is 1. The Kier molecular flexibility index (Phi) is 5.51. The van der Waals surface area contributed by atoms with Crippen molar-refractivity contribution in [1.29, 1.82) is 0 Å². The van der Waals surface area contributed by atoms with Crippen LogP contribution in [-0.4, -0.2) is 65.1 Å². The highest BCUT2D eigenvalue weighted by Gasteiger charge is 2.55. The molecular formula is C24H32N2O4. The van der Waals surface area contributed by atoms with Gasteiger partial charge in [0.15, 0.2) is 0 Å². The number of aryl methyl sites for hydroxylation is 1. The van der Waals surface area contributed by atoms with Crippen LogP contribution in [-0.2, 0) is 16.0 Å². The van der Waals surface area contributed by atoms with Gasteiger partial charge >= 0.3 is 0 Å². The van der Waals surface area contributed by atoms with Crippen molar-refractivity contribution in [3.05, 3.63) is 47.2 Å². The molecule has 3 heterocycles. The summed E-state index contributed by atoms with van der Waals surface area (Å²) in [5.74, 6) is 0.0261. The molecule has 0 radical (unpaired) electrons. The topological polar surface area (TPSA) is 63.9 Å². The lowest BCUT2D eigenvalue weighted by Crippen LogP contribution is -2.63. The quantitative estimate of drug-likeness (QED) is 0.792. The average Bonchev–Trinajstić information content (AvgIpc) is 3.24. The number of hydrogen-bond donors (Lipinski definition) is 1. The smallest absolute Gasteiger partial charge is 0.255 e. The van der Waals surface area contributed by atoms with Gasteiger partial charge in [-0.25, -0.2) is 0 Å². The van der Waals surface area contributed by atoms with Gasteiger partial charge in [-0.3, -0.25) is 4.79 Å². The number of ether oxygens (including phenoxy) is 2. The number of likely N-dealkylation sites (tertiary alicyclic amines) is 1. The maximum absolute atomic E-state index is 13.3. The molecule has 6 heteroatoms. The summed E-state index contributed by atoms with van der Waals surface area (Å²) in [7, 11) is 1.69. The van der Waals surface area contributed by atoms with E-state index in [2.05, 4.69) is 35.8 Å². The Labute approximate surface area is 178 Å². The lowest BCUT2D eigenvalue weighted by Gasteiger charge is -2.47. The van der Waals surface area contributed by atoms with E-state index in [1.165, 1.54) is 5.56 Å². The van der Waals surface area contributed by atoms with E-state index < -0.39 is 5.60 Å². The van der Waals surface area contributed by atoms with Crippen LogP contribution < -0.4 is 0 Å². The molecule has 1 N–H and O–H groups in total. The van der Waals surface area contributed by atoms with E-state index in [1.54, 1.807) is 7.11 Å². The normalized spacial score (nSPS) is 22.5. The van der Waals surface area contributed by atoms with E-state index in [1.807, 2.05) is 24.8 Å². The standard InChI is InChI=1S/C24H32N2O4/c1-5-23(28)13-24(30-16-23)14-25(15-24)22(27)20-12-21(19-8-6-17(2)7-9-19)26(18(20)3)10-11-29-4/h6-9,12,28H,5,10-11,13-16H2,1-4H3. The number of amides is 1. The zero-order valence-electron chi connectivity index (χ0n) is 18.4. The lowest BCUT2D eigenvalue weighted by molar-refractivity contribution is -0.0956. The molecule has 2 aliphatic heterocycles. The second-order valence-electron chi connectivity index (χ2n) is 8.93. The van der Waals surface area contributed by atoms with Crippen molar-refractivity contribution < 1.29 is 19.4 Å². The molecule has 0 saturated carbocycles. The summed E-state index contributed by atoms with van der Waals surface area (Å²) < 4.78 is 13.4. The average molecular weight is 413 g/mol. The maximum atomic E-state index is 13.3. The minimum Gasteiger partial charge on any atom is -0.387 e. The Morgan fingerprint density at radius 1 is 1.23 bits per heavy atom. The first-order valence-corrected chi connectivity index (χ1v) is 10.7. The number of carbonyl (C=O) groups is 1. The van der Waals surface area contributed by atoms with Gasteiger partial charge in [-0.2, -0.15) is 0 Å². The number of nitrogens with zero attached hydrogens (tertiary/aromatic N) is 2. The van der Waals surface area contributed by atoms with Crippen molar-refractivity contribution in [2.75, 3.05) is 33.4 Å². The van der Waals surface area contributed by atoms with Crippen molar-refractivity contribution in [2.24, 2.45) is 0 Å². The molecule has 30 heavy (non-hydrogen) atoms. The minimum atomic E-state index is -0.757. The van der Waals surface area contributed by atoms with Gasteiger partial charge in [-0.05, 0) is 31.9 Å². The van der Waals surface area contributed by atoms with Gasteiger partial charge in [-0.15, -0.1) is 0 Å². The van der Waals surface area contributed by atoms with Gasteiger partial charge in [0, 0.05) is 31.5 Å². The summed E-state index contributed by atoms with van der Waals surface area (Å²) in [5.41, 5.74) is 3.86. The van der Waals surface area contributed by atoms with Gasteiger partial charge < -0.3 is 24.0 Å². The third-order valence-electron chi connectivity index (χ3n) is 6.66. The van der Waals surface area contributed by atoms with E-state index in [4.69, 9.17) is 9.47 Å². The Hall–Kier alpha value is -2.15. The van der Waals surface area contributed by atoms with Crippen molar-refractivity contribution in [3.63, 3.8) is 0 Å². The molecule has 2 saturated heterocycles. The summed E-state index contributed by atoms with van der Waals surface area (Å²) in [4.78, 5) is 15.1. The fourth-order valence-electron chi connectivity index (χ4n) is 4.68. The van der Waals surface area contributed by atoms with E-state index in [-0.39, 0.29) is 11.5 Å². The van der Waals surface area contributed by atoms with Gasteiger partial charge in [0.1, 0.15) is 5.60 Å². The second-order valence-corrected chi connectivity index (χ2v) is 8.93. The number of benzene rings is 1. The molecule has 6 nitrogen and oxygen atoms in total. The van der Waals surface area contributed by atoms with Crippen molar-refractivity contribution >= 4 is 5.91 Å². The van der Waals surface area contributed by atoms with Crippen LogP contribution >= 0.6 is 0 Å². The number of methoxy groups -OCH3 is 1. The molecule has 162 valence electrons. The monoisotopic (exact) mass is 412 g/mol. The molecule has 1 aromatic carbocycles. The molecule has 2 fully saturated rings. The van der Waals surface area contributed by atoms with Crippen LogP contribution in [0.4, 0.5) is 0 Å². The second kappa shape index (κ2) is 7.84. The predicted octanol–water partition coefficient (Wildman–Crippen LogP) is 3.17. The largest absolute Gasteiger partial charge is 0.387 e. The first-order valence-electron chi connectivity index (χ1n) is 10.7. The van der Waals surface area contributed by atoms with Gasteiger partial charge in [0.2, 0.25) is 0 Å². The number of carbonyl (C=O) groups excluding carboxylic acids is 1. The van der Waals surface area contributed by atoms with E-state index in [0.29, 0.717) is 45.7 Å². The van der Waals surface area contributed by atoms with Crippen LogP contribution in [0.25, 0.3) is 11.3 Å². The highest BCUT2D eigenvalue weighted by Crippen LogP contribution is 2.42. The van der Waals surface area contributed by atoms with Crippen molar-refractivity contribution in [1.82, 2.24) is 9.47 Å². The third-order valence-corrected chi connectivity index (χ3v) is 6.66. The molecule has 1 aromatic heterocycles. The van der Waals surface area contributed by atoms with Gasteiger partial charge in [0.25, 0.3) is 5.91 Å². The first kappa shape index (κ1) is 21.1. The molecule has 2 aromatic rings. The maximum Gasteiger partial charge on any atom is 0.255 e. The summed E-state index contributed by atoms with van der Waals surface area (Å²) in [6.07, 6.45) is 1.27. The first-order chi connectivity index (χ1) is 14.3. The Morgan fingerprint density at radius 2 is 1.93 bits per heavy atom. The van der Waals surface area contributed by atoms with Crippen LogP contribution in [0, 0.1) is 13.8 Å². The zero-order valence-corrected chi connectivity index (χ0v) is 18.4. The minimum absolute atomic E-state index is 0.0261. The number of hydrogen-bond acceptors (Lipinski definition) is 4. The summed E-state index contributed by atoms with van der Waals surface area (Å²) in [6.45, 7) is 8.75. The van der Waals surface area contributed by atoms with Crippen LogP contribution in [0.15, 0.2) is 30.3 Å². The molecule has 0 aliphatic carbocycles.